The van der Waals surface area contributed by atoms with Crippen LogP contribution in [0.2, 0.25) is 0 Å². The van der Waals surface area contributed by atoms with Gasteiger partial charge in [0.25, 0.3) is 0 Å². The molecule has 0 saturated carbocycles. The Bertz CT molecular complexity index is 809. The highest BCUT2D eigenvalue weighted by molar-refractivity contribution is 7.88. The lowest BCUT2D eigenvalue weighted by molar-refractivity contribution is 0.301. The van der Waals surface area contributed by atoms with E-state index >= 15 is 0 Å². The number of hydrogen-bond acceptors (Lipinski definition) is 3. The zero-order chi connectivity index (χ0) is 18.0. The van der Waals surface area contributed by atoms with Crippen molar-refractivity contribution in [1.82, 2.24) is 4.31 Å². The molecular weight excluding hydrogens is 332 g/mol. The number of aryl methyl sites for hydroxylation is 1. The van der Waals surface area contributed by atoms with Gasteiger partial charge in [-0.15, -0.1) is 0 Å². The van der Waals surface area contributed by atoms with E-state index in [2.05, 4.69) is 30.9 Å². The van der Waals surface area contributed by atoms with Crippen molar-refractivity contribution in [2.45, 2.75) is 38.6 Å². The molecule has 0 spiro atoms. The summed E-state index contributed by atoms with van der Waals surface area (Å²) in [5.74, 6) is 0.0739. The summed E-state index contributed by atoms with van der Waals surface area (Å²) in [5.41, 5.74) is 3.06. The fraction of sp³-hybridized carbons (Fsp3) is 0.400. The van der Waals surface area contributed by atoms with Crippen molar-refractivity contribution >= 4 is 15.7 Å². The van der Waals surface area contributed by atoms with Gasteiger partial charge in [0, 0.05) is 30.9 Å². The second kappa shape index (κ2) is 7.18. The van der Waals surface area contributed by atoms with Crippen molar-refractivity contribution < 1.29 is 8.42 Å². The zero-order valence-electron chi connectivity index (χ0n) is 15.1. The highest BCUT2D eigenvalue weighted by Gasteiger charge is 2.35. The van der Waals surface area contributed by atoms with Crippen LogP contribution in [0.3, 0.4) is 0 Å². The first-order valence-electron chi connectivity index (χ1n) is 8.74. The van der Waals surface area contributed by atoms with E-state index in [0.717, 1.165) is 16.8 Å². The van der Waals surface area contributed by atoms with Gasteiger partial charge >= 0.3 is 0 Å². The fourth-order valence-corrected chi connectivity index (χ4v) is 5.46. The Morgan fingerprint density at radius 3 is 2.08 bits per heavy atom. The minimum atomic E-state index is -3.32. The van der Waals surface area contributed by atoms with Gasteiger partial charge in [0.1, 0.15) is 0 Å². The van der Waals surface area contributed by atoms with Crippen LogP contribution in [0.1, 0.15) is 25.0 Å². The quantitative estimate of drug-likeness (QED) is 0.841. The number of nitrogens with zero attached hydrogens (tertiary/aromatic N) is 2. The van der Waals surface area contributed by atoms with Crippen molar-refractivity contribution in [2.24, 2.45) is 0 Å². The van der Waals surface area contributed by atoms with Gasteiger partial charge in [-0.2, -0.15) is 4.31 Å². The molecule has 2 atom stereocenters. The second-order valence-electron chi connectivity index (χ2n) is 6.94. The Hall–Kier alpha value is -1.85. The van der Waals surface area contributed by atoms with Gasteiger partial charge in [-0.25, -0.2) is 8.42 Å². The molecule has 1 fully saturated rings. The van der Waals surface area contributed by atoms with Gasteiger partial charge in [0.05, 0.1) is 5.75 Å². The summed E-state index contributed by atoms with van der Waals surface area (Å²) < 4.78 is 27.6. The van der Waals surface area contributed by atoms with Crippen LogP contribution in [0.5, 0.6) is 0 Å². The molecule has 4 nitrogen and oxygen atoms in total. The van der Waals surface area contributed by atoms with Crippen LogP contribution in [0, 0.1) is 6.92 Å². The van der Waals surface area contributed by atoms with Crippen molar-refractivity contribution in [3.05, 3.63) is 65.7 Å². The number of hydrogen-bond donors (Lipinski definition) is 0. The van der Waals surface area contributed by atoms with Crippen molar-refractivity contribution in [3.8, 4) is 0 Å². The average Bonchev–Trinajstić information content (AvgIpc) is 2.57. The molecule has 0 aliphatic carbocycles. The van der Waals surface area contributed by atoms with Gasteiger partial charge in [-0.05, 0) is 44.0 Å². The van der Waals surface area contributed by atoms with Gasteiger partial charge < -0.3 is 4.90 Å². The first-order chi connectivity index (χ1) is 11.9. The number of sulfonamides is 1. The highest BCUT2D eigenvalue weighted by Crippen LogP contribution is 2.26. The number of rotatable bonds is 4. The van der Waals surface area contributed by atoms with Crippen LogP contribution in [0.15, 0.2) is 54.6 Å². The van der Waals surface area contributed by atoms with Crippen LogP contribution in [-0.4, -0.2) is 37.9 Å². The molecule has 2 aromatic carbocycles. The molecule has 0 radical (unpaired) electrons. The van der Waals surface area contributed by atoms with Gasteiger partial charge in [-0.1, -0.05) is 42.5 Å². The van der Waals surface area contributed by atoms with Gasteiger partial charge in [0.15, 0.2) is 0 Å². The number of para-hydroxylation sites is 1. The largest absolute Gasteiger partial charge is 0.363 e. The molecular formula is C20H26N2O2S. The van der Waals surface area contributed by atoms with E-state index in [-0.39, 0.29) is 17.8 Å². The molecule has 1 heterocycles. The van der Waals surface area contributed by atoms with Gasteiger partial charge in [-0.3, -0.25) is 0 Å². The van der Waals surface area contributed by atoms with Crippen molar-refractivity contribution in [1.29, 1.82) is 0 Å². The smallest absolute Gasteiger partial charge is 0.218 e. The third-order valence-corrected chi connectivity index (χ3v) is 6.69. The Balaban J connectivity index is 1.78. The molecule has 1 aliphatic rings. The molecule has 134 valence electrons. The minimum absolute atomic E-state index is 0.0739. The van der Waals surface area contributed by atoms with E-state index in [1.807, 2.05) is 49.4 Å². The lowest BCUT2D eigenvalue weighted by Gasteiger charge is -2.45. The predicted octanol–water partition coefficient (Wildman–Crippen LogP) is 3.42. The number of benzene rings is 2. The van der Waals surface area contributed by atoms with Crippen LogP contribution in [-0.2, 0) is 15.8 Å². The third kappa shape index (κ3) is 3.88. The van der Waals surface area contributed by atoms with E-state index in [9.17, 15) is 8.42 Å². The Kier molecular flexibility index (Phi) is 5.16. The second-order valence-corrected chi connectivity index (χ2v) is 8.91. The monoisotopic (exact) mass is 358 g/mol. The highest BCUT2D eigenvalue weighted by atomic mass is 32.2. The van der Waals surface area contributed by atoms with Crippen molar-refractivity contribution in [2.75, 3.05) is 18.0 Å². The Morgan fingerprint density at radius 2 is 1.48 bits per heavy atom. The lowest BCUT2D eigenvalue weighted by atomic mass is 10.1. The van der Waals surface area contributed by atoms with E-state index in [1.165, 1.54) is 0 Å². The molecule has 2 unspecified atom stereocenters. The molecule has 5 heteroatoms. The standard InChI is InChI=1S/C20H26N2O2S/c1-16-9-7-8-10-19(16)15-25(23,24)21-13-17(2)22(18(3)14-21)20-11-5-4-6-12-20/h4-12,17-18H,13-15H2,1-3H3. The lowest BCUT2D eigenvalue weighted by Crippen LogP contribution is -2.58. The first-order valence-corrected chi connectivity index (χ1v) is 10.3. The maximum atomic E-state index is 12.9. The molecule has 2 aromatic rings. The number of anilines is 1. The maximum absolute atomic E-state index is 12.9. The maximum Gasteiger partial charge on any atom is 0.218 e. The first kappa shape index (κ1) is 18.0. The average molecular weight is 359 g/mol. The topological polar surface area (TPSA) is 40.6 Å². The molecule has 1 aliphatic heterocycles. The molecule has 0 N–H and O–H groups in total. The summed E-state index contributed by atoms with van der Waals surface area (Å²) in [5, 5.41) is 0. The summed E-state index contributed by atoms with van der Waals surface area (Å²) >= 11 is 0. The van der Waals surface area contributed by atoms with Crippen LogP contribution in [0.25, 0.3) is 0 Å². The molecule has 3 rings (SSSR count). The Morgan fingerprint density at radius 1 is 0.920 bits per heavy atom. The van der Waals surface area contributed by atoms with Crippen molar-refractivity contribution in [3.63, 3.8) is 0 Å². The molecule has 0 amide bonds. The zero-order valence-corrected chi connectivity index (χ0v) is 15.9. The fourth-order valence-electron chi connectivity index (χ4n) is 3.67. The predicted molar refractivity (Wildman–Crippen MR) is 103 cm³/mol. The van der Waals surface area contributed by atoms with E-state index in [4.69, 9.17) is 0 Å². The Labute approximate surface area is 151 Å². The number of piperazine rings is 1. The van der Waals surface area contributed by atoms with E-state index in [0.29, 0.717) is 13.1 Å². The molecule has 1 saturated heterocycles. The third-order valence-electron chi connectivity index (χ3n) is 4.93. The van der Waals surface area contributed by atoms with Crippen LogP contribution >= 0.6 is 0 Å². The van der Waals surface area contributed by atoms with Crippen LogP contribution < -0.4 is 4.90 Å². The summed E-state index contributed by atoms with van der Waals surface area (Å²) in [6.45, 7) is 7.20. The summed E-state index contributed by atoms with van der Waals surface area (Å²) in [6.07, 6.45) is 0. The van der Waals surface area contributed by atoms with Crippen LogP contribution in [0.4, 0.5) is 5.69 Å². The summed E-state index contributed by atoms with van der Waals surface area (Å²) in [7, 11) is -3.32. The molecule has 0 bridgehead atoms. The minimum Gasteiger partial charge on any atom is -0.363 e. The summed E-state index contributed by atoms with van der Waals surface area (Å²) in [4.78, 5) is 2.32. The summed E-state index contributed by atoms with van der Waals surface area (Å²) in [6, 6.07) is 18.2. The normalized spacial score (nSPS) is 22.1. The van der Waals surface area contributed by atoms with E-state index < -0.39 is 10.0 Å². The molecule has 0 aromatic heterocycles. The molecule has 25 heavy (non-hydrogen) atoms. The SMILES string of the molecule is Cc1ccccc1CS(=O)(=O)N1CC(C)N(c2ccccc2)C(C)C1. The van der Waals surface area contributed by atoms with E-state index in [1.54, 1.807) is 4.31 Å². The van der Waals surface area contributed by atoms with Gasteiger partial charge in [0.2, 0.25) is 10.0 Å².